The summed E-state index contributed by atoms with van der Waals surface area (Å²) in [5.41, 5.74) is 1.39. The molecule has 2 nitrogen and oxygen atoms in total. The molecule has 1 aromatic rings. The van der Waals surface area contributed by atoms with Crippen molar-refractivity contribution >= 4 is 5.91 Å². The number of hydrogen-bond donors (Lipinski definition) is 0. The van der Waals surface area contributed by atoms with Gasteiger partial charge in [0.2, 0.25) is 5.91 Å². The van der Waals surface area contributed by atoms with Crippen molar-refractivity contribution in [3.63, 3.8) is 0 Å². The number of rotatable bonds is 6. The molecule has 0 saturated carbocycles. The van der Waals surface area contributed by atoms with E-state index in [9.17, 15) is 4.79 Å². The average molecular weight is 273 g/mol. The van der Waals surface area contributed by atoms with E-state index in [-0.39, 0.29) is 0 Å². The lowest BCUT2D eigenvalue weighted by molar-refractivity contribution is -0.138. The molecule has 110 valence electrons. The van der Waals surface area contributed by atoms with Crippen molar-refractivity contribution in [2.45, 2.75) is 46.0 Å². The first-order valence-electron chi connectivity index (χ1n) is 7.90. The van der Waals surface area contributed by atoms with E-state index in [1.54, 1.807) is 0 Å². The summed E-state index contributed by atoms with van der Waals surface area (Å²) in [4.78, 5) is 14.1. The van der Waals surface area contributed by atoms with Gasteiger partial charge in [-0.15, -0.1) is 0 Å². The molecule has 0 unspecified atom stereocenters. The molecule has 1 aliphatic heterocycles. The third-order valence-corrected chi connectivity index (χ3v) is 4.47. The van der Waals surface area contributed by atoms with Crippen molar-refractivity contribution in [1.82, 2.24) is 4.90 Å². The summed E-state index contributed by atoms with van der Waals surface area (Å²) in [6.45, 7) is 8.59. The van der Waals surface area contributed by atoms with E-state index < -0.39 is 0 Å². The minimum absolute atomic E-state index is 0.349. The number of hydrogen-bond acceptors (Lipinski definition) is 1. The molecule has 2 heteroatoms. The van der Waals surface area contributed by atoms with Crippen molar-refractivity contribution < 1.29 is 4.79 Å². The zero-order chi connectivity index (χ0) is 14.5. The zero-order valence-electron chi connectivity index (χ0n) is 13.0. The van der Waals surface area contributed by atoms with E-state index >= 15 is 0 Å². The van der Waals surface area contributed by atoms with E-state index in [4.69, 9.17) is 0 Å². The highest BCUT2D eigenvalue weighted by Crippen LogP contribution is 2.31. The first-order chi connectivity index (χ1) is 9.58. The lowest BCUT2D eigenvalue weighted by Crippen LogP contribution is -2.51. The predicted octanol–water partition coefficient (Wildman–Crippen LogP) is 4.07. The summed E-state index contributed by atoms with van der Waals surface area (Å²) in [6, 6.07) is 10.6. The zero-order valence-corrected chi connectivity index (χ0v) is 13.0. The van der Waals surface area contributed by atoms with Crippen molar-refractivity contribution in [2.75, 3.05) is 13.1 Å². The van der Waals surface area contributed by atoms with Crippen LogP contribution in [0.5, 0.6) is 0 Å². The van der Waals surface area contributed by atoms with Crippen molar-refractivity contribution in [1.29, 1.82) is 0 Å². The third kappa shape index (κ3) is 3.84. The van der Waals surface area contributed by atoms with Gasteiger partial charge in [0, 0.05) is 25.4 Å². The SMILES string of the molecule is CC(C)CCCC(=O)N1CC([C@H](C)c2ccccc2)C1. The topological polar surface area (TPSA) is 20.3 Å². The standard InChI is InChI=1S/C18H27NO/c1-14(2)8-7-11-18(20)19-12-17(13-19)15(3)16-9-5-4-6-10-16/h4-6,9-10,14-15,17H,7-8,11-13H2,1-3H3/t15-/m1/s1. The number of nitrogens with zero attached hydrogens (tertiary/aromatic N) is 1. The van der Waals surface area contributed by atoms with Crippen LogP contribution in [0.15, 0.2) is 30.3 Å². The molecule has 1 aliphatic rings. The Morgan fingerprint density at radius 2 is 1.85 bits per heavy atom. The molecule has 1 saturated heterocycles. The molecule has 1 aromatic carbocycles. The highest BCUT2D eigenvalue weighted by molar-refractivity contribution is 5.77. The maximum absolute atomic E-state index is 12.0. The minimum Gasteiger partial charge on any atom is -0.342 e. The van der Waals surface area contributed by atoms with Gasteiger partial charge >= 0.3 is 0 Å². The maximum Gasteiger partial charge on any atom is 0.222 e. The average Bonchev–Trinajstić information content (AvgIpc) is 2.37. The van der Waals surface area contributed by atoms with Gasteiger partial charge in [0.25, 0.3) is 0 Å². The summed E-state index contributed by atoms with van der Waals surface area (Å²) >= 11 is 0. The Bertz CT molecular complexity index is 420. The third-order valence-electron chi connectivity index (χ3n) is 4.47. The van der Waals surface area contributed by atoms with Crippen LogP contribution in [-0.2, 0) is 4.79 Å². The Hall–Kier alpha value is -1.31. The minimum atomic E-state index is 0.349. The van der Waals surface area contributed by atoms with Gasteiger partial charge in [-0.1, -0.05) is 57.5 Å². The van der Waals surface area contributed by atoms with Crippen LogP contribution in [0.4, 0.5) is 0 Å². The molecular formula is C18H27NO. The summed E-state index contributed by atoms with van der Waals surface area (Å²) in [7, 11) is 0. The van der Waals surface area contributed by atoms with E-state index in [0.29, 0.717) is 23.7 Å². The second-order valence-corrected chi connectivity index (χ2v) is 6.54. The Kier molecular flexibility index (Phi) is 5.22. The smallest absolute Gasteiger partial charge is 0.222 e. The van der Waals surface area contributed by atoms with Crippen LogP contribution in [0.2, 0.25) is 0 Å². The molecule has 20 heavy (non-hydrogen) atoms. The second kappa shape index (κ2) is 6.92. The van der Waals surface area contributed by atoms with Crippen LogP contribution < -0.4 is 0 Å². The lowest BCUT2D eigenvalue weighted by atomic mass is 9.82. The van der Waals surface area contributed by atoms with E-state index in [1.807, 2.05) is 4.90 Å². The van der Waals surface area contributed by atoms with Crippen LogP contribution in [0.3, 0.4) is 0 Å². The summed E-state index contributed by atoms with van der Waals surface area (Å²) < 4.78 is 0. The molecule has 1 fully saturated rings. The normalized spacial score (nSPS) is 17.1. The number of carbonyl (C=O) groups is 1. The quantitative estimate of drug-likeness (QED) is 0.765. The van der Waals surface area contributed by atoms with Crippen LogP contribution in [0.25, 0.3) is 0 Å². The van der Waals surface area contributed by atoms with E-state index in [0.717, 1.165) is 32.4 Å². The Balaban J connectivity index is 1.73. The van der Waals surface area contributed by atoms with Gasteiger partial charge in [0.15, 0.2) is 0 Å². The maximum atomic E-state index is 12.0. The lowest BCUT2D eigenvalue weighted by Gasteiger charge is -2.42. The molecular weight excluding hydrogens is 246 g/mol. The largest absolute Gasteiger partial charge is 0.342 e. The molecule has 1 atom stereocenters. The number of benzene rings is 1. The molecule has 0 spiro atoms. The Morgan fingerprint density at radius 3 is 2.45 bits per heavy atom. The van der Waals surface area contributed by atoms with Crippen molar-refractivity contribution in [2.24, 2.45) is 11.8 Å². The molecule has 1 amide bonds. The van der Waals surface area contributed by atoms with Crippen LogP contribution >= 0.6 is 0 Å². The van der Waals surface area contributed by atoms with Crippen LogP contribution in [0, 0.1) is 11.8 Å². The fourth-order valence-corrected chi connectivity index (χ4v) is 2.88. The second-order valence-electron chi connectivity index (χ2n) is 6.54. The summed E-state index contributed by atoms with van der Waals surface area (Å²) in [5, 5.41) is 0. The number of carbonyl (C=O) groups excluding carboxylic acids is 1. The van der Waals surface area contributed by atoms with Gasteiger partial charge in [0.05, 0.1) is 0 Å². The van der Waals surface area contributed by atoms with Gasteiger partial charge in [-0.3, -0.25) is 4.79 Å². The fourth-order valence-electron chi connectivity index (χ4n) is 2.88. The molecule has 2 rings (SSSR count). The van der Waals surface area contributed by atoms with Crippen molar-refractivity contribution in [3.8, 4) is 0 Å². The first-order valence-corrected chi connectivity index (χ1v) is 7.90. The van der Waals surface area contributed by atoms with Gasteiger partial charge < -0.3 is 4.90 Å². The summed E-state index contributed by atoms with van der Waals surface area (Å²) in [5.74, 6) is 2.23. The monoisotopic (exact) mass is 273 g/mol. The predicted molar refractivity (Wildman–Crippen MR) is 83.6 cm³/mol. The van der Waals surface area contributed by atoms with Crippen molar-refractivity contribution in [3.05, 3.63) is 35.9 Å². The highest BCUT2D eigenvalue weighted by atomic mass is 16.2. The fraction of sp³-hybridized carbons (Fsp3) is 0.611. The molecule has 1 heterocycles. The molecule has 0 radical (unpaired) electrons. The Morgan fingerprint density at radius 1 is 1.20 bits per heavy atom. The van der Waals surface area contributed by atoms with Crippen LogP contribution in [0.1, 0.15) is 51.5 Å². The van der Waals surface area contributed by atoms with Gasteiger partial charge in [-0.05, 0) is 23.8 Å². The molecule has 0 aromatic heterocycles. The first kappa shape index (κ1) is 15.1. The highest BCUT2D eigenvalue weighted by Gasteiger charge is 2.34. The van der Waals surface area contributed by atoms with E-state index in [2.05, 4.69) is 51.1 Å². The number of likely N-dealkylation sites (tertiary alicyclic amines) is 1. The molecule has 0 bridgehead atoms. The molecule has 0 N–H and O–H groups in total. The molecule has 0 aliphatic carbocycles. The van der Waals surface area contributed by atoms with Gasteiger partial charge in [-0.25, -0.2) is 0 Å². The van der Waals surface area contributed by atoms with Crippen LogP contribution in [-0.4, -0.2) is 23.9 Å². The number of amides is 1. The van der Waals surface area contributed by atoms with E-state index in [1.165, 1.54) is 5.56 Å². The Labute approximate surface area is 123 Å². The van der Waals surface area contributed by atoms with Gasteiger partial charge in [-0.2, -0.15) is 0 Å². The summed E-state index contributed by atoms with van der Waals surface area (Å²) in [6.07, 6.45) is 2.92. The van der Waals surface area contributed by atoms with Gasteiger partial charge in [0.1, 0.15) is 0 Å².